The molecule has 4 heteroatoms. The third-order valence-electron chi connectivity index (χ3n) is 2.51. The Hall–Kier alpha value is -1.04. The van der Waals surface area contributed by atoms with Gasteiger partial charge in [-0.05, 0) is 13.8 Å². The number of hydrogen-bond donors (Lipinski definition) is 0. The van der Waals surface area contributed by atoms with Crippen molar-refractivity contribution in [2.45, 2.75) is 44.2 Å². The number of hydrogen-bond acceptors (Lipinski definition) is 4. The molecule has 2 heterocycles. The highest BCUT2D eigenvalue weighted by molar-refractivity contribution is 5.08. The summed E-state index contributed by atoms with van der Waals surface area (Å²) < 4.78 is 22.2. The van der Waals surface area contributed by atoms with Gasteiger partial charge in [-0.15, -0.1) is 12.8 Å². The van der Waals surface area contributed by atoms with Crippen LogP contribution in [-0.2, 0) is 18.9 Å². The van der Waals surface area contributed by atoms with Crippen molar-refractivity contribution in [3.05, 3.63) is 0 Å². The average Bonchev–Trinajstić information content (AvgIpc) is 2.67. The van der Waals surface area contributed by atoms with Gasteiger partial charge in [-0.2, -0.15) is 0 Å². The molecule has 0 aromatic heterocycles. The molecule has 2 fully saturated rings. The van der Waals surface area contributed by atoms with Crippen LogP contribution in [0.4, 0.5) is 0 Å². The second-order valence-corrected chi connectivity index (χ2v) is 4.17. The molecule has 0 unspecified atom stereocenters. The van der Waals surface area contributed by atoms with Gasteiger partial charge in [-0.25, -0.2) is 0 Å². The Morgan fingerprint density at radius 2 is 2.06 bits per heavy atom. The maximum atomic E-state index is 5.68. The lowest BCUT2D eigenvalue weighted by Crippen LogP contribution is -2.36. The Morgan fingerprint density at radius 1 is 1.31 bits per heavy atom. The first-order chi connectivity index (χ1) is 7.57. The Balaban J connectivity index is 2.09. The lowest BCUT2D eigenvalue weighted by Gasteiger charge is -2.23. The van der Waals surface area contributed by atoms with E-state index in [0.717, 1.165) is 0 Å². The SMILES string of the molecule is C#CCO[C@@H]1[C@H]2OC(C)(C)O[C@H]2O[C@@H]1C#C. The van der Waals surface area contributed by atoms with Crippen molar-refractivity contribution in [3.8, 4) is 24.7 Å². The topological polar surface area (TPSA) is 36.9 Å². The lowest BCUT2D eigenvalue weighted by molar-refractivity contribution is -0.210. The molecular formula is C12H14O4. The summed E-state index contributed by atoms with van der Waals surface area (Å²) in [6.45, 7) is 3.81. The van der Waals surface area contributed by atoms with Crippen LogP contribution in [0.1, 0.15) is 13.8 Å². The molecule has 0 aliphatic carbocycles. The molecule has 0 saturated carbocycles. The van der Waals surface area contributed by atoms with Gasteiger partial charge in [-0.3, -0.25) is 0 Å². The lowest BCUT2D eigenvalue weighted by atomic mass is 10.1. The first-order valence-electron chi connectivity index (χ1n) is 5.10. The summed E-state index contributed by atoms with van der Waals surface area (Å²) in [5.74, 6) is 4.23. The Morgan fingerprint density at radius 3 is 2.69 bits per heavy atom. The maximum Gasteiger partial charge on any atom is 0.191 e. The van der Waals surface area contributed by atoms with Crippen molar-refractivity contribution in [2.24, 2.45) is 0 Å². The fraction of sp³-hybridized carbons (Fsp3) is 0.667. The van der Waals surface area contributed by atoms with Crippen molar-refractivity contribution in [1.82, 2.24) is 0 Å². The van der Waals surface area contributed by atoms with E-state index in [1.54, 1.807) is 0 Å². The molecule has 4 atom stereocenters. The Kier molecular flexibility index (Phi) is 2.92. The molecule has 86 valence electrons. The molecule has 4 nitrogen and oxygen atoms in total. The van der Waals surface area contributed by atoms with Crippen LogP contribution in [0.3, 0.4) is 0 Å². The van der Waals surface area contributed by atoms with E-state index >= 15 is 0 Å². The van der Waals surface area contributed by atoms with Crippen molar-refractivity contribution in [2.75, 3.05) is 6.61 Å². The molecule has 0 aromatic rings. The van der Waals surface area contributed by atoms with E-state index < -0.39 is 18.2 Å². The van der Waals surface area contributed by atoms with Gasteiger partial charge in [0.05, 0.1) is 0 Å². The van der Waals surface area contributed by atoms with Crippen LogP contribution >= 0.6 is 0 Å². The van der Waals surface area contributed by atoms with Gasteiger partial charge >= 0.3 is 0 Å². The van der Waals surface area contributed by atoms with E-state index in [1.807, 2.05) is 13.8 Å². The minimum atomic E-state index is -0.674. The van der Waals surface area contributed by atoms with E-state index in [2.05, 4.69) is 11.8 Å². The van der Waals surface area contributed by atoms with Crippen molar-refractivity contribution < 1.29 is 18.9 Å². The normalized spacial score (nSPS) is 40.0. The monoisotopic (exact) mass is 222 g/mol. The number of fused-ring (bicyclic) bond motifs is 1. The minimum absolute atomic E-state index is 0.180. The van der Waals surface area contributed by atoms with Gasteiger partial charge in [0, 0.05) is 0 Å². The fourth-order valence-corrected chi connectivity index (χ4v) is 1.94. The molecule has 2 rings (SSSR count). The van der Waals surface area contributed by atoms with Crippen molar-refractivity contribution in [1.29, 1.82) is 0 Å². The molecule has 2 aliphatic rings. The predicted octanol–water partition coefficient (Wildman–Crippen LogP) is 0.514. The molecule has 0 N–H and O–H groups in total. The standard InChI is InChI=1S/C12H14O4/c1-5-7-13-9-8(6-2)14-11-10(9)15-12(3,4)16-11/h1-2,8-11H,7H2,3-4H3/t8-,9+,10-,11-/m1/s1. The highest BCUT2D eigenvalue weighted by Crippen LogP contribution is 2.38. The molecule has 0 amide bonds. The van der Waals surface area contributed by atoms with Crippen LogP contribution < -0.4 is 0 Å². The summed E-state index contributed by atoms with van der Waals surface area (Å²) in [5, 5.41) is 0. The summed E-state index contributed by atoms with van der Waals surface area (Å²) in [6, 6.07) is 0. The first kappa shape index (κ1) is 11.4. The summed E-state index contributed by atoms with van der Waals surface area (Å²) in [6.07, 6.45) is 8.86. The predicted molar refractivity (Wildman–Crippen MR) is 56.1 cm³/mol. The van der Waals surface area contributed by atoms with Crippen molar-refractivity contribution in [3.63, 3.8) is 0 Å². The zero-order chi connectivity index (χ0) is 11.8. The second-order valence-electron chi connectivity index (χ2n) is 4.17. The van der Waals surface area contributed by atoms with Gasteiger partial charge in [0.1, 0.15) is 24.9 Å². The molecule has 0 spiro atoms. The van der Waals surface area contributed by atoms with Crippen LogP contribution in [0.25, 0.3) is 0 Å². The van der Waals surface area contributed by atoms with Gasteiger partial charge in [-0.1, -0.05) is 11.8 Å². The van der Waals surface area contributed by atoms with Crippen LogP contribution in [0, 0.1) is 24.7 Å². The maximum absolute atomic E-state index is 5.68. The first-order valence-corrected chi connectivity index (χ1v) is 5.10. The highest BCUT2D eigenvalue weighted by atomic mass is 16.8. The van der Waals surface area contributed by atoms with E-state index in [9.17, 15) is 0 Å². The highest BCUT2D eigenvalue weighted by Gasteiger charge is 2.55. The largest absolute Gasteiger partial charge is 0.359 e. The minimum Gasteiger partial charge on any atom is -0.359 e. The van der Waals surface area contributed by atoms with Gasteiger partial charge < -0.3 is 18.9 Å². The molecule has 2 aliphatic heterocycles. The molecule has 0 aromatic carbocycles. The second kappa shape index (κ2) is 4.08. The Bertz CT molecular complexity index is 349. The molecule has 0 radical (unpaired) electrons. The number of ether oxygens (including phenoxy) is 4. The number of rotatable bonds is 2. The smallest absolute Gasteiger partial charge is 0.191 e. The zero-order valence-corrected chi connectivity index (χ0v) is 9.30. The summed E-state index contributed by atoms with van der Waals surface area (Å²) >= 11 is 0. The molecular weight excluding hydrogens is 208 g/mol. The van der Waals surface area contributed by atoms with E-state index in [4.69, 9.17) is 31.8 Å². The molecule has 0 bridgehead atoms. The van der Waals surface area contributed by atoms with Gasteiger partial charge in [0.15, 0.2) is 12.1 Å². The number of terminal acetylenes is 2. The summed E-state index contributed by atoms with van der Waals surface area (Å²) in [4.78, 5) is 0. The van der Waals surface area contributed by atoms with Crippen LogP contribution in [0.5, 0.6) is 0 Å². The third kappa shape index (κ3) is 1.93. The van der Waals surface area contributed by atoms with Gasteiger partial charge in [0.25, 0.3) is 0 Å². The molecule has 2 saturated heterocycles. The summed E-state index contributed by atoms with van der Waals surface area (Å²) in [5.41, 5.74) is 0. The van der Waals surface area contributed by atoms with E-state index in [1.165, 1.54) is 0 Å². The quantitative estimate of drug-likeness (QED) is 0.638. The van der Waals surface area contributed by atoms with Crippen molar-refractivity contribution >= 4 is 0 Å². The Labute approximate surface area is 95.2 Å². The molecule has 16 heavy (non-hydrogen) atoms. The average molecular weight is 222 g/mol. The third-order valence-corrected chi connectivity index (χ3v) is 2.51. The summed E-state index contributed by atoms with van der Waals surface area (Å²) in [7, 11) is 0. The van der Waals surface area contributed by atoms with Crippen LogP contribution in [0.2, 0.25) is 0 Å². The van der Waals surface area contributed by atoms with Crippen LogP contribution in [0.15, 0.2) is 0 Å². The fourth-order valence-electron chi connectivity index (χ4n) is 1.94. The zero-order valence-electron chi connectivity index (χ0n) is 9.30. The van der Waals surface area contributed by atoms with Gasteiger partial charge in [0.2, 0.25) is 0 Å². The van der Waals surface area contributed by atoms with E-state index in [-0.39, 0.29) is 18.8 Å². The van der Waals surface area contributed by atoms with E-state index in [0.29, 0.717) is 0 Å². The van der Waals surface area contributed by atoms with Crippen LogP contribution in [-0.4, -0.2) is 37.0 Å².